The molecule has 0 spiro atoms. The van der Waals surface area contributed by atoms with Crippen molar-refractivity contribution in [2.45, 2.75) is 24.3 Å². The van der Waals surface area contributed by atoms with E-state index in [1.807, 2.05) is 0 Å². The first kappa shape index (κ1) is 18.5. The number of amides is 1. The van der Waals surface area contributed by atoms with Gasteiger partial charge in [-0.2, -0.15) is 4.31 Å². The van der Waals surface area contributed by atoms with Gasteiger partial charge >= 0.3 is 0 Å². The predicted molar refractivity (Wildman–Crippen MR) is 96.6 cm³/mol. The van der Waals surface area contributed by atoms with E-state index in [0.717, 1.165) is 18.4 Å². The average Bonchev–Trinajstić information content (AvgIpc) is 3.18. The lowest BCUT2D eigenvalue weighted by molar-refractivity contribution is 0.0785. The quantitative estimate of drug-likeness (QED) is 0.806. The van der Waals surface area contributed by atoms with Crippen LogP contribution in [0.5, 0.6) is 0 Å². The van der Waals surface area contributed by atoms with Gasteiger partial charge in [-0.05, 0) is 48.7 Å². The molecule has 0 atom stereocenters. The molecular weight excluding hydrogens is 355 g/mol. The molecule has 2 aromatic rings. The molecule has 26 heavy (non-hydrogen) atoms. The van der Waals surface area contributed by atoms with Crippen LogP contribution in [0.3, 0.4) is 0 Å². The van der Waals surface area contributed by atoms with Crippen LogP contribution in [0.25, 0.3) is 0 Å². The van der Waals surface area contributed by atoms with Crippen LogP contribution in [0.15, 0.2) is 53.4 Å². The molecule has 138 valence electrons. The molecule has 7 heteroatoms. The fourth-order valence-corrected chi connectivity index (χ4v) is 4.59. The van der Waals surface area contributed by atoms with Crippen molar-refractivity contribution in [1.82, 2.24) is 9.21 Å². The fraction of sp³-hybridized carbons (Fsp3) is 0.316. The maximum Gasteiger partial charge on any atom is 0.253 e. The lowest BCUT2D eigenvalue weighted by Gasteiger charge is -2.19. The van der Waals surface area contributed by atoms with Gasteiger partial charge in [-0.1, -0.05) is 18.2 Å². The number of hydrogen-bond acceptors (Lipinski definition) is 3. The Morgan fingerprint density at radius 2 is 1.77 bits per heavy atom. The topological polar surface area (TPSA) is 57.7 Å². The Labute approximate surface area is 153 Å². The predicted octanol–water partition coefficient (Wildman–Crippen LogP) is 2.88. The molecule has 0 radical (unpaired) electrons. The van der Waals surface area contributed by atoms with Gasteiger partial charge in [0.05, 0.1) is 4.90 Å². The van der Waals surface area contributed by atoms with Crippen molar-refractivity contribution in [3.63, 3.8) is 0 Å². The highest BCUT2D eigenvalue weighted by atomic mass is 32.2. The van der Waals surface area contributed by atoms with Crippen molar-refractivity contribution in [2.24, 2.45) is 0 Å². The Morgan fingerprint density at radius 3 is 2.42 bits per heavy atom. The molecule has 1 aliphatic rings. The van der Waals surface area contributed by atoms with E-state index in [9.17, 15) is 17.6 Å². The standard InChI is InChI=1S/C19H21FN2O3S/c1-21(14-15-7-9-17(20)10-8-15)19(23)16-5-4-6-18(13-16)26(24,25)22-11-2-3-12-22/h4-10,13H,2-3,11-12,14H2,1H3. The zero-order chi connectivity index (χ0) is 18.7. The van der Waals surface area contributed by atoms with Crippen molar-refractivity contribution >= 4 is 15.9 Å². The fourth-order valence-electron chi connectivity index (χ4n) is 3.02. The van der Waals surface area contributed by atoms with Crippen molar-refractivity contribution in [1.29, 1.82) is 0 Å². The number of sulfonamides is 1. The second-order valence-electron chi connectivity index (χ2n) is 6.43. The molecule has 5 nitrogen and oxygen atoms in total. The highest BCUT2D eigenvalue weighted by Crippen LogP contribution is 2.22. The minimum Gasteiger partial charge on any atom is -0.337 e. The van der Waals surface area contributed by atoms with Crippen LogP contribution in [-0.2, 0) is 16.6 Å². The van der Waals surface area contributed by atoms with Gasteiger partial charge in [0.2, 0.25) is 10.0 Å². The second-order valence-corrected chi connectivity index (χ2v) is 8.36. The van der Waals surface area contributed by atoms with Crippen LogP contribution in [-0.4, -0.2) is 43.7 Å². The van der Waals surface area contributed by atoms with Crippen LogP contribution < -0.4 is 0 Å². The number of rotatable bonds is 5. The summed E-state index contributed by atoms with van der Waals surface area (Å²) in [6.07, 6.45) is 1.72. The van der Waals surface area contributed by atoms with Crippen LogP contribution >= 0.6 is 0 Å². The van der Waals surface area contributed by atoms with Gasteiger partial charge in [0, 0.05) is 32.2 Å². The monoisotopic (exact) mass is 376 g/mol. The van der Waals surface area contributed by atoms with Crippen molar-refractivity contribution < 1.29 is 17.6 Å². The summed E-state index contributed by atoms with van der Waals surface area (Å²) in [5.74, 6) is -0.615. The summed E-state index contributed by atoms with van der Waals surface area (Å²) in [4.78, 5) is 14.3. The Kier molecular flexibility index (Phi) is 5.38. The summed E-state index contributed by atoms with van der Waals surface area (Å²) in [5, 5.41) is 0. The SMILES string of the molecule is CN(Cc1ccc(F)cc1)C(=O)c1cccc(S(=O)(=O)N2CCCC2)c1. The minimum atomic E-state index is -3.56. The molecule has 0 unspecified atom stereocenters. The van der Waals surface area contributed by atoms with E-state index in [0.29, 0.717) is 25.2 Å². The molecule has 0 N–H and O–H groups in total. The van der Waals surface area contributed by atoms with Gasteiger partial charge in [-0.3, -0.25) is 4.79 Å². The van der Waals surface area contributed by atoms with Gasteiger partial charge in [0.1, 0.15) is 5.82 Å². The number of hydrogen-bond donors (Lipinski definition) is 0. The van der Waals surface area contributed by atoms with Gasteiger partial charge in [0.15, 0.2) is 0 Å². The van der Waals surface area contributed by atoms with Crippen molar-refractivity contribution in [2.75, 3.05) is 20.1 Å². The number of nitrogens with zero attached hydrogens (tertiary/aromatic N) is 2. The molecule has 1 saturated heterocycles. The third-order valence-electron chi connectivity index (χ3n) is 4.46. The third-order valence-corrected chi connectivity index (χ3v) is 6.36. The summed E-state index contributed by atoms with van der Waals surface area (Å²) in [5.41, 5.74) is 1.11. The van der Waals surface area contributed by atoms with E-state index >= 15 is 0 Å². The van der Waals surface area contributed by atoms with Crippen LogP contribution in [0.4, 0.5) is 4.39 Å². The molecule has 1 aliphatic heterocycles. The zero-order valence-electron chi connectivity index (χ0n) is 14.6. The lowest BCUT2D eigenvalue weighted by atomic mass is 10.1. The normalized spacial score (nSPS) is 15.2. The Morgan fingerprint density at radius 1 is 1.12 bits per heavy atom. The summed E-state index contributed by atoms with van der Waals surface area (Å²) in [7, 11) is -1.93. The van der Waals surface area contributed by atoms with Crippen LogP contribution in [0, 0.1) is 5.82 Å². The summed E-state index contributed by atoms with van der Waals surface area (Å²) >= 11 is 0. The minimum absolute atomic E-state index is 0.139. The number of benzene rings is 2. The van der Waals surface area contributed by atoms with Crippen molar-refractivity contribution in [3.05, 3.63) is 65.5 Å². The number of carbonyl (C=O) groups is 1. The largest absolute Gasteiger partial charge is 0.337 e. The van der Waals surface area contributed by atoms with E-state index in [2.05, 4.69) is 0 Å². The Balaban J connectivity index is 1.78. The van der Waals surface area contributed by atoms with Gasteiger partial charge < -0.3 is 4.90 Å². The maximum atomic E-state index is 13.0. The Hall–Kier alpha value is -2.25. The smallest absolute Gasteiger partial charge is 0.253 e. The first-order valence-electron chi connectivity index (χ1n) is 8.48. The van der Waals surface area contributed by atoms with E-state index in [1.54, 1.807) is 31.3 Å². The lowest BCUT2D eigenvalue weighted by Crippen LogP contribution is -2.29. The summed E-state index contributed by atoms with van der Waals surface area (Å²) < 4.78 is 39.8. The van der Waals surface area contributed by atoms with Crippen molar-refractivity contribution in [3.8, 4) is 0 Å². The second kappa shape index (κ2) is 7.55. The molecule has 1 amide bonds. The summed E-state index contributed by atoms with van der Waals surface area (Å²) in [6.45, 7) is 1.35. The van der Waals surface area contributed by atoms with E-state index in [1.165, 1.54) is 33.5 Å². The molecular formula is C19H21FN2O3S. The Bertz CT molecular complexity index is 891. The molecule has 0 aromatic heterocycles. The van der Waals surface area contributed by atoms with Gasteiger partial charge in [-0.25, -0.2) is 12.8 Å². The highest BCUT2D eigenvalue weighted by Gasteiger charge is 2.27. The van der Waals surface area contributed by atoms with E-state index in [4.69, 9.17) is 0 Å². The summed E-state index contributed by atoms with van der Waals surface area (Å²) in [6, 6.07) is 12.1. The zero-order valence-corrected chi connectivity index (χ0v) is 15.4. The molecule has 3 rings (SSSR count). The molecule has 0 saturated carbocycles. The first-order chi connectivity index (χ1) is 12.4. The molecule has 1 heterocycles. The third kappa shape index (κ3) is 3.94. The molecule has 0 aliphatic carbocycles. The van der Waals surface area contributed by atoms with Crippen LogP contribution in [0.1, 0.15) is 28.8 Å². The first-order valence-corrected chi connectivity index (χ1v) is 9.92. The number of carbonyl (C=O) groups excluding carboxylic acids is 1. The van der Waals surface area contributed by atoms with E-state index < -0.39 is 10.0 Å². The molecule has 0 bridgehead atoms. The maximum absolute atomic E-state index is 13.0. The van der Waals surface area contributed by atoms with Gasteiger partial charge in [-0.15, -0.1) is 0 Å². The highest BCUT2D eigenvalue weighted by molar-refractivity contribution is 7.89. The number of halogens is 1. The molecule has 2 aromatic carbocycles. The van der Waals surface area contributed by atoms with E-state index in [-0.39, 0.29) is 16.6 Å². The average molecular weight is 376 g/mol. The van der Waals surface area contributed by atoms with Crippen LogP contribution in [0.2, 0.25) is 0 Å². The molecule has 1 fully saturated rings. The van der Waals surface area contributed by atoms with Gasteiger partial charge in [0.25, 0.3) is 5.91 Å².